The van der Waals surface area contributed by atoms with Crippen molar-refractivity contribution >= 4 is 11.9 Å². The van der Waals surface area contributed by atoms with Crippen LogP contribution in [-0.2, 0) is 9.59 Å². The third kappa shape index (κ3) is 1.52. The number of carbonyl (C=O) groups is 2. The zero-order valence-electron chi connectivity index (χ0n) is 6.91. The van der Waals surface area contributed by atoms with Crippen molar-refractivity contribution in [2.75, 3.05) is 0 Å². The van der Waals surface area contributed by atoms with Crippen LogP contribution in [0.3, 0.4) is 0 Å². The van der Waals surface area contributed by atoms with E-state index in [0.717, 1.165) is 18.2 Å². The molecule has 14 heavy (non-hydrogen) atoms. The molecule has 0 unspecified atom stereocenters. The third-order valence-electron chi connectivity index (χ3n) is 1.89. The minimum Gasteiger partial charge on any atom is -0.479 e. The van der Waals surface area contributed by atoms with Gasteiger partial charge in [-0.15, -0.1) is 0 Å². The molecule has 1 rings (SSSR count). The van der Waals surface area contributed by atoms with E-state index in [9.17, 15) is 19.8 Å². The number of rotatable bonds is 2. The first-order valence-corrected chi connectivity index (χ1v) is 3.66. The Morgan fingerprint density at radius 1 is 1.36 bits per heavy atom. The SMILES string of the molecule is O=C(O)C1=C[C@H](O)[C@@](O)(C(=O)O)C=C1. The molecule has 0 heterocycles. The molecule has 2 atom stereocenters. The summed E-state index contributed by atoms with van der Waals surface area (Å²) in [6.45, 7) is 0. The van der Waals surface area contributed by atoms with Gasteiger partial charge in [0, 0.05) is 0 Å². The van der Waals surface area contributed by atoms with Crippen molar-refractivity contribution < 1.29 is 30.0 Å². The summed E-state index contributed by atoms with van der Waals surface area (Å²) in [6, 6.07) is 0. The molecule has 0 radical (unpaired) electrons. The van der Waals surface area contributed by atoms with E-state index < -0.39 is 23.6 Å². The van der Waals surface area contributed by atoms with E-state index >= 15 is 0 Å². The molecular weight excluding hydrogens is 192 g/mol. The maximum absolute atomic E-state index is 10.5. The van der Waals surface area contributed by atoms with Gasteiger partial charge in [-0.05, 0) is 18.2 Å². The van der Waals surface area contributed by atoms with Gasteiger partial charge in [0.25, 0.3) is 0 Å². The Balaban J connectivity index is 3.02. The Morgan fingerprint density at radius 2 is 1.93 bits per heavy atom. The number of aliphatic hydroxyl groups excluding tert-OH is 1. The molecule has 6 heteroatoms. The number of aliphatic hydroxyl groups is 2. The summed E-state index contributed by atoms with van der Waals surface area (Å²) < 4.78 is 0. The quantitative estimate of drug-likeness (QED) is 0.442. The van der Waals surface area contributed by atoms with Gasteiger partial charge in [-0.25, -0.2) is 9.59 Å². The number of hydrogen-bond acceptors (Lipinski definition) is 4. The predicted molar refractivity (Wildman–Crippen MR) is 43.5 cm³/mol. The minimum atomic E-state index is -2.45. The van der Waals surface area contributed by atoms with Crippen LogP contribution in [0.25, 0.3) is 0 Å². The van der Waals surface area contributed by atoms with Gasteiger partial charge < -0.3 is 20.4 Å². The largest absolute Gasteiger partial charge is 0.479 e. The Hall–Kier alpha value is -1.66. The van der Waals surface area contributed by atoms with Crippen LogP contribution in [0.4, 0.5) is 0 Å². The van der Waals surface area contributed by atoms with Crippen LogP contribution >= 0.6 is 0 Å². The second-order valence-electron chi connectivity index (χ2n) is 2.84. The standard InChI is InChI=1S/C8H8O6/c9-5-3-4(6(10)11)1-2-8(5,14)7(12)13/h1-3,5,9,14H,(H,10,11)(H,12,13)/t5-,8+/m0/s1. The van der Waals surface area contributed by atoms with E-state index in [2.05, 4.69) is 0 Å². The van der Waals surface area contributed by atoms with Gasteiger partial charge in [-0.1, -0.05) is 0 Å². The average molecular weight is 200 g/mol. The molecule has 0 aromatic carbocycles. The number of hydrogen-bond donors (Lipinski definition) is 4. The molecule has 0 amide bonds. The van der Waals surface area contributed by atoms with Crippen LogP contribution in [0.2, 0.25) is 0 Å². The van der Waals surface area contributed by atoms with E-state index in [4.69, 9.17) is 10.2 Å². The normalized spacial score (nSPS) is 31.0. The lowest BCUT2D eigenvalue weighted by atomic mass is 9.89. The second kappa shape index (κ2) is 3.24. The van der Waals surface area contributed by atoms with Crippen LogP contribution < -0.4 is 0 Å². The lowest BCUT2D eigenvalue weighted by Gasteiger charge is -2.26. The molecule has 0 spiro atoms. The number of carboxylic acids is 2. The molecule has 0 aromatic heterocycles. The van der Waals surface area contributed by atoms with Gasteiger partial charge in [0.1, 0.15) is 6.10 Å². The van der Waals surface area contributed by atoms with Crippen molar-refractivity contribution in [3.8, 4) is 0 Å². The van der Waals surface area contributed by atoms with Crippen molar-refractivity contribution in [1.29, 1.82) is 0 Å². The van der Waals surface area contributed by atoms with Crippen LogP contribution in [0, 0.1) is 0 Å². The topological polar surface area (TPSA) is 115 Å². The van der Waals surface area contributed by atoms with Gasteiger partial charge in [0.15, 0.2) is 0 Å². The van der Waals surface area contributed by atoms with Crippen molar-refractivity contribution in [3.05, 3.63) is 23.8 Å². The van der Waals surface area contributed by atoms with Crippen LogP contribution in [0.1, 0.15) is 0 Å². The Kier molecular flexibility index (Phi) is 2.41. The smallest absolute Gasteiger partial charge is 0.342 e. The van der Waals surface area contributed by atoms with Crippen molar-refractivity contribution in [1.82, 2.24) is 0 Å². The van der Waals surface area contributed by atoms with Crippen molar-refractivity contribution in [3.63, 3.8) is 0 Å². The molecule has 0 bridgehead atoms. The summed E-state index contributed by atoms with van der Waals surface area (Å²) in [5, 5.41) is 35.6. The highest BCUT2D eigenvalue weighted by Gasteiger charge is 2.42. The van der Waals surface area contributed by atoms with E-state index in [1.54, 1.807) is 0 Å². The molecule has 1 aliphatic rings. The molecule has 0 aromatic rings. The van der Waals surface area contributed by atoms with Crippen molar-refractivity contribution in [2.45, 2.75) is 11.7 Å². The van der Waals surface area contributed by atoms with Crippen LogP contribution in [0.15, 0.2) is 23.8 Å². The maximum atomic E-state index is 10.5. The first-order chi connectivity index (χ1) is 6.38. The molecule has 6 nitrogen and oxygen atoms in total. The third-order valence-corrected chi connectivity index (χ3v) is 1.89. The minimum absolute atomic E-state index is 0.261. The monoisotopic (exact) mass is 200 g/mol. The highest BCUT2D eigenvalue weighted by Crippen LogP contribution is 2.21. The first-order valence-electron chi connectivity index (χ1n) is 3.66. The fourth-order valence-corrected chi connectivity index (χ4v) is 1.01. The fraction of sp³-hybridized carbons (Fsp3) is 0.250. The van der Waals surface area contributed by atoms with E-state index in [1.165, 1.54) is 0 Å². The van der Waals surface area contributed by atoms with Gasteiger partial charge >= 0.3 is 11.9 Å². The summed E-state index contributed by atoms with van der Waals surface area (Å²) in [5.74, 6) is -2.94. The van der Waals surface area contributed by atoms with Gasteiger partial charge in [0.2, 0.25) is 5.60 Å². The zero-order valence-corrected chi connectivity index (χ0v) is 6.91. The predicted octanol–water partition coefficient (Wildman–Crippen LogP) is -1.26. The zero-order chi connectivity index (χ0) is 10.9. The summed E-state index contributed by atoms with van der Waals surface area (Å²) in [4.78, 5) is 20.9. The molecular formula is C8H8O6. The summed E-state index contributed by atoms with van der Waals surface area (Å²) in [5.41, 5.74) is -2.71. The molecule has 0 saturated heterocycles. The number of carboxylic acid groups (broad SMARTS) is 2. The van der Waals surface area contributed by atoms with Crippen molar-refractivity contribution in [2.24, 2.45) is 0 Å². The Morgan fingerprint density at radius 3 is 2.29 bits per heavy atom. The lowest BCUT2D eigenvalue weighted by molar-refractivity contribution is -0.161. The molecule has 0 fully saturated rings. The van der Waals surface area contributed by atoms with Gasteiger partial charge in [-0.3, -0.25) is 0 Å². The highest BCUT2D eigenvalue weighted by molar-refractivity contribution is 5.92. The average Bonchev–Trinajstić information content (AvgIpc) is 2.09. The van der Waals surface area contributed by atoms with E-state index in [-0.39, 0.29) is 5.57 Å². The molecule has 4 N–H and O–H groups in total. The Bertz CT molecular complexity index is 342. The van der Waals surface area contributed by atoms with E-state index in [1.807, 2.05) is 0 Å². The maximum Gasteiger partial charge on any atom is 0.342 e. The summed E-state index contributed by atoms with van der Waals surface area (Å²) in [6.07, 6.45) is 0.680. The molecule has 0 saturated carbocycles. The first kappa shape index (κ1) is 10.4. The lowest BCUT2D eigenvalue weighted by Crippen LogP contribution is -2.48. The van der Waals surface area contributed by atoms with Gasteiger partial charge in [-0.2, -0.15) is 0 Å². The van der Waals surface area contributed by atoms with Crippen LogP contribution in [0.5, 0.6) is 0 Å². The molecule has 76 valence electrons. The van der Waals surface area contributed by atoms with E-state index in [0.29, 0.717) is 0 Å². The molecule has 1 aliphatic carbocycles. The number of aliphatic carboxylic acids is 2. The van der Waals surface area contributed by atoms with Crippen LogP contribution in [-0.4, -0.2) is 44.1 Å². The second-order valence-corrected chi connectivity index (χ2v) is 2.84. The highest BCUT2D eigenvalue weighted by atomic mass is 16.4. The summed E-state index contributed by atoms with van der Waals surface area (Å²) >= 11 is 0. The summed E-state index contributed by atoms with van der Waals surface area (Å²) in [7, 11) is 0. The Labute approximate surface area is 78.4 Å². The molecule has 0 aliphatic heterocycles. The van der Waals surface area contributed by atoms with Gasteiger partial charge in [0.05, 0.1) is 5.57 Å². The fourth-order valence-electron chi connectivity index (χ4n) is 1.01.